The van der Waals surface area contributed by atoms with Gasteiger partial charge in [-0.3, -0.25) is 9.78 Å². The Morgan fingerprint density at radius 1 is 1.04 bits per heavy atom. The highest BCUT2D eigenvalue weighted by Gasteiger charge is 2.34. The number of anilines is 2. The summed E-state index contributed by atoms with van der Waals surface area (Å²) in [4.78, 5) is 57.6. The second-order valence-electron chi connectivity index (χ2n) is 15.1. The Bertz CT molecular complexity index is 2390. The maximum Gasteiger partial charge on any atom is 0.410 e. The maximum atomic E-state index is 16.4. The summed E-state index contributed by atoms with van der Waals surface area (Å²) in [6.45, 7) is 9.40. The number of hydrogen-bond acceptors (Lipinski definition) is 11. The molecule has 6 rings (SSSR count). The third kappa shape index (κ3) is 8.85. The van der Waals surface area contributed by atoms with Crippen molar-refractivity contribution in [3.8, 4) is 23.0 Å². The van der Waals surface area contributed by atoms with E-state index in [0.29, 0.717) is 16.9 Å². The molecular weight excluding hydrogens is 735 g/mol. The first-order valence-corrected chi connectivity index (χ1v) is 18.6. The molecule has 0 spiro atoms. The molecule has 1 aliphatic heterocycles. The lowest BCUT2D eigenvalue weighted by Crippen LogP contribution is -2.55. The number of esters is 1. The molecule has 57 heavy (non-hydrogen) atoms. The van der Waals surface area contributed by atoms with Crippen LogP contribution >= 0.6 is 0 Å². The summed E-state index contributed by atoms with van der Waals surface area (Å²) in [5, 5.41) is 9.86. The monoisotopic (exact) mass is 778 g/mol. The molecular formula is C42H44F2N8O5. The average Bonchev–Trinajstić information content (AvgIpc) is 3.16. The highest BCUT2D eigenvalue weighted by molar-refractivity contribution is 5.91. The summed E-state index contributed by atoms with van der Waals surface area (Å²) in [5.41, 5.74) is 5.91. The van der Waals surface area contributed by atoms with E-state index in [4.69, 9.17) is 15.2 Å². The first-order chi connectivity index (χ1) is 27.2. The fourth-order valence-electron chi connectivity index (χ4n) is 6.91. The number of amides is 1. The molecule has 0 saturated carbocycles. The summed E-state index contributed by atoms with van der Waals surface area (Å²) in [6.07, 6.45) is 1.03. The molecule has 296 valence electrons. The van der Waals surface area contributed by atoms with Gasteiger partial charge >= 0.3 is 17.8 Å². The minimum atomic E-state index is -0.926. The normalized spacial score (nSPS) is 14.5. The number of carbonyl (C=O) groups is 2. The van der Waals surface area contributed by atoms with Crippen molar-refractivity contribution in [2.24, 2.45) is 0 Å². The summed E-state index contributed by atoms with van der Waals surface area (Å²) in [5.74, 6) is -2.39. The van der Waals surface area contributed by atoms with Gasteiger partial charge in [0.05, 0.1) is 40.9 Å². The molecule has 3 aromatic heterocycles. The Morgan fingerprint density at radius 2 is 1.79 bits per heavy atom. The molecule has 5 aromatic rings. The van der Waals surface area contributed by atoms with Crippen LogP contribution in [0.4, 0.5) is 25.1 Å². The number of halogens is 2. The topological polar surface area (TPSA) is 170 Å². The summed E-state index contributed by atoms with van der Waals surface area (Å²) in [7, 11) is 0. The number of pyridine rings is 2. The van der Waals surface area contributed by atoms with Gasteiger partial charge in [-0.05, 0) is 68.5 Å². The molecule has 1 aliphatic rings. The minimum Gasteiger partial charge on any atom is -0.460 e. The van der Waals surface area contributed by atoms with Gasteiger partial charge in [-0.25, -0.2) is 27.9 Å². The Kier molecular flexibility index (Phi) is 11.8. The number of fused-ring (bicyclic) bond motifs is 1. The van der Waals surface area contributed by atoms with Gasteiger partial charge in [0, 0.05) is 37.9 Å². The van der Waals surface area contributed by atoms with Crippen LogP contribution in [-0.2, 0) is 27.3 Å². The number of benzene rings is 2. The molecule has 1 atom stereocenters. The molecule has 1 saturated heterocycles. The van der Waals surface area contributed by atoms with Crippen LogP contribution < -0.4 is 16.3 Å². The van der Waals surface area contributed by atoms with Gasteiger partial charge in [0.1, 0.15) is 29.5 Å². The zero-order valence-corrected chi connectivity index (χ0v) is 32.5. The third-order valence-electron chi connectivity index (χ3n) is 9.46. The second-order valence-corrected chi connectivity index (χ2v) is 15.1. The van der Waals surface area contributed by atoms with E-state index in [2.05, 4.69) is 21.0 Å². The first-order valence-electron chi connectivity index (χ1n) is 18.6. The molecule has 1 fully saturated rings. The van der Waals surface area contributed by atoms with Crippen molar-refractivity contribution in [3.63, 3.8) is 0 Å². The van der Waals surface area contributed by atoms with Gasteiger partial charge in [-0.1, -0.05) is 50.2 Å². The smallest absolute Gasteiger partial charge is 0.410 e. The van der Waals surface area contributed by atoms with Crippen molar-refractivity contribution < 1.29 is 27.8 Å². The van der Waals surface area contributed by atoms with Crippen molar-refractivity contribution in [1.29, 1.82) is 5.26 Å². The van der Waals surface area contributed by atoms with Crippen LogP contribution in [0.25, 0.3) is 28.0 Å². The molecule has 0 unspecified atom stereocenters. The SMILES string of the molecule is CC(C)c1nccc(CCC(=O)OC(C)(C)C)c1-n1c(=O)nc(N2CCN(C(=O)OCc3ccccc3)[C@@H](CC#N)C2)c2cc(F)c(-c3c(N)cccc3F)nc21. The molecule has 13 nitrogen and oxygen atoms in total. The summed E-state index contributed by atoms with van der Waals surface area (Å²) in [6, 6.07) is 17.4. The molecule has 0 radical (unpaired) electrons. The van der Waals surface area contributed by atoms with Gasteiger partial charge in [0.15, 0.2) is 11.5 Å². The van der Waals surface area contributed by atoms with Gasteiger partial charge in [-0.15, -0.1) is 0 Å². The van der Waals surface area contributed by atoms with Gasteiger partial charge in [-0.2, -0.15) is 10.2 Å². The van der Waals surface area contributed by atoms with E-state index >= 15 is 8.78 Å². The number of rotatable bonds is 10. The van der Waals surface area contributed by atoms with Crippen LogP contribution in [0.2, 0.25) is 0 Å². The Labute approximate surface area is 328 Å². The van der Waals surface area contributed by atoms with E-state index in [1.807, 2.05) is 44.2 Å². The fraction of sp³-hybridized carbons (Fsp3) is 0.357. The zero-order chi connectivity index (χ0) is 41.0. The number of hydrogen-bond donors (Lipinski definition) is 1. The van der Waals surface area contributed by atoms with Gasteiger partial charge in [0.25, 0.3) is 0 Å². The van der Waals surface area contributed by atoms with E-state index in [1.54, 1.807) is 37.9 Å². The average molecular weight is 779 g/mol. The molecule has 0 aliphatic carbocycles. The van der Waals surface area contributed by atoms with Crippen LogP contribution in [0, 0.1) is 23.0 Å². The Hall–Kier alpha value is -6.43. The molecule has 2 N–H and O–H groups in total. The minimum absolute atomic E-state index is 0.0264. The number of nitrogen functional groups attached to an aromatic ring is 1. The number of nitrogens with two attached hydrogens (primary N) is 1. The van der Waals surface area contributed by atoms with E-state index in [9.17, 15) is 19.6 Å². The molecule has 15 heteroatoms. The largest absolute Gasteiger partial charge is 0.460 e. The van der Waals surface area contributed by atoms with Crippen molar-refractivity contribution in [1.82, 2.24) is 24.4 Å². The van der Waals surface area contributed by atoms with Gasteiger partial charge in [0.2, 0.25) is 0 Å². The zero-order valence-electron chi connectivity index (χ0n) is 32.5. The van der Waals surface area contributed by atoms with Crippen LogP contribution in [0.5, 0.6) is 0 Å². The number of nitriles is 1. The Morgan fingerprint density at radius 3 is 2.47 bits per heavy atom. The molecule has 4 heterocycles. The second kappa shape index (κ2) is 16.7. The molecule has 1 amide bonds. The Balaban J connectivity index is 1.49. The van der Waals surface area contributed by atoms with E-state index < -0.39 is 46.7 Å². The van der Waals surface area contributed by atoms with Crippen molar-refractivity contribution in [2.75, 3.05) is 30.3 Å². The van der Waals surface area contributed by atoms with Crippen molar-refractivity contribution in [3.05, 3.63) is 106 Å². The number of nitrogens with zero attached hydrogens (tertiary/aromatic N) is 7. The quantitative estimate of drug-likeness (QED) is 0.116. The van der Waals surface area contributed by atoms with Gasteiger partial charge < -0.3 is 25.0 Å². The third-order valence-corrected chi connectivity index (χ3v) is 9.46. The summed E-state index contributed by atoms with van der Waals surface area (Å²) >= 11 is 0. The lowest BCUT2D eigenvalue weighted by molar-refractivity contribution is -0.154. The van der Waals surface area contributed by atoms with Crippen LogP contribution in [0.1, 0.15) is 70.2 Å². The van der Waals surface area contributed by atoms with Crippen molar-refractivity contribution in [2.45, 2.75) is 78.0 Å². The fourth-order valence-corrected chi connectivity index (χ4v) is 6.91. The van der Waals surface area contributed by atoms with Crippen LogP contribution in [0.15, 0.2) is 71.7 Å². The predicted molar refractivity (Wildman–Crippen MR) is 211 cm³/mol. The highest BCUT2D eigenvalue weighted by Crippen LogP contribution is 2.36. The highest BCUT2D eigenvalue weighted by atomic mass is 19.1. The standard InChI is InChI=1S/C42H44F2N8O5/c1-25(2)35-37(27(17-19-47-35)14-15-33(53)57-42(3,4)5)52-39-29(22-31(44)36(48-39)34-30(43)12-9-13-32(34)46)38(49-40(52)54)50-20-21-51(28(23-50)16-18-45)41(55)56-24-26-10-7-6-8-11-26/h6-13,17,19,22,25,28H,14-16,20-21,23-24,46H2,1-5H3/t28-/m0/s1. The molecule has 0 bridgehead atoms. The van der Waals surface area contributed by atoms with Crippen molar-refractivity contribution >= 4 is 34.6 Å². The number of ether oxygens (including phenoxy) is 2. The van der Waals surface area contributed by atoms with Crippen LogP contribution in [-0.4, -0.2) is 67.8 Å². The maximum absolute atomic E-state index is 16.4. The van der Waals surface area contributed by atoms with E-state index in [-0.39, 0.29) is 79.5 Å². The summed E-state index contributed by atoms with van der Waals surface area (Å²) < 4.78 is 44.1. The van der Waals surface area contributed by atoms with E-state index in [0.717, 1.165) is 17.7 Å². The number of aryl methyl sites for hydroxylation is 1. The predicted octanol–water partition coefficient (Wildman–Crippen LogP) is 6.84. The van der Waals surface area contributed by atoms with E-state index in [1.165, 1.54) is 21.6 Å². The lowest BCUT2D eigenvalue weighted by Gasteiger charge is -2.40. The first kappa shape index (κ1) is 40.2. The number of piperazine rings is 1. The number of carbonyl (C=O) groups excluding carboxylic acids is 2. The number of aromatic nitrogens is 4. The molecule has 2 aromatic carbocycles. The van der Waals surface area contributed by atoms with Crippen LogP contribution in [0.3, 0.4) is 0 Å². The lowest BCUT2D eigenvalue weighted by atomic mass is 10.0.